The maximum Gasteiger partial charge on any atom is 0.339 e. The number of hydrogen-bond donors (Lipinski definition) is 2. The second-order valence-corrected chi connectivity index (χ2v) is 19.6. The van der Waals surface area contributed by atoms with Crippen molar-refractivity contribution >= 4 is 61.4 Å². The zero-order valence-corrected chi connectivity index (χ0v) is 42.7. The fraction of sp³-hybridized carbons (Fsp3) is 0.350. The molecule has 4 aromatic heterocycles. The van der Waals surface area contributed by atoms with Crippen LogP contribution in [0.4, 0.5) is 0 Å². The normalized spacial score (nSPS) is 13.3. The molecule has 0 saturated heterocycles. The highest BCUT2D eigenvalue weighted by Gasteiger charge is 2.34. The highest BCUT2D eigenvalue weighted by molar-refractivity contribution is 6.09. The minimum absolute atomic E-state index is 0. The number of ether oxygens (including phenoxy) is 6. The number of rotatable bonds is 7. The first kappa shape index (κ1) is 55.8. The van der Waals surface area contributed by atoms with Crippen molar-refractivity contribution in [3.8, 4) is 33.8 Å². The number of methoxy groups -OCH3 is 2. The van der Waals surface area contributed by atoms with E-state index < -0.39 is 29.7 Å². The monoisotopic (exact) mass is 1000 g/mol. The van der Waals surface area contributed by atoms with Gasteiger partial charge in [-0.2, -0.15) is 0 Å². The molecule has 0 radical (unpaired) electrons. The number of hydrogen-bond acceptors (Lipinski definition) is 14. The molecule has 2 atom stereocenters. The van der Waals surface area contributed by atoms with E-state index in [0.29, 0.717) is 35.7 Å². The first-order valence-corrected chi connectivity index (χ1v) is 23.9. The number of aliphatic hydroxyl groups excluding tert-OH is 1. The van der Waals surface area contributed by atoms with Gasteiger partial charge in [0.25, 0.3) is 0 Å². The predicted molar refractivity (Wildman–Crippen MR) is 293 cm³/mol. The molecule has 0 bridgehead atoms. The molecule has 0 saturated carbocycles. The van der Waals surface area contributed by atoms with Gasteiger partial charge in [-0.25, -0.2) is 9.59 Å². The van der Waals surface area contributed by atoms with Crippen molar-refractivity contribution in [2.24, 2.45) is 0 Å². The number of aryl methyl sites for hydroxylation is 2. The molecule has 0 amide bonds. The third-order valence-corrected chi connectivity index (χ3v) is 12.2. The van der Waals surface area contributed by atoms with Crippen LogP contribution in [0.25, 0.3) is 65.9 Å². The van der Waals surface area contributed by atoms with E-state index in [1.54, 1.807) is 20.0 Å². The minimum atomic E-state index is -1.45. The molecule has 2 N–H and O–H groups in total. The summed E-state index contributed by atoms with van der Waals surface area (Å²) in [5, 5.41) is 21.5. The van der Waals surface area contributed by atoms with Crippen LogP contribution in [0.3, 0.4) is 0 Å². The summed E-state index contributed by atoms with van der Waals surface area (Å²) in [7, 11) is 2.64. The molecule has 2 aliphatic heterocycles. The van der Waals surface area contributed by atoms with Crippen LogP contribution in [0.5, 0.6) is 11.5 Å². The van der Waals surface area contributed by atoms with E-state index >= 15 is 0 Å². The zero-order valence-electron chi connectivity index (χ0n) is 42.7. The maximum atomic E-state index is 13.1. The van der Waals surface area contributed by atoms with Crippen molar-refractivity contribution in [2.75, 3.05) is 27.4 Å². The van der Waals surface area contributed by atoms with Crippen LogP contribution in [0.1, 0.15) is 109 Å². The molecule has 0 spiro atoms. The Bertz CT molecular complexity index is 3380. The predicted octanol–water partition coefficient (Wildman–Crippen LogP) is 12.7. The summed E-state index contributed by atoms with van der Waals surface area (Å²) in [5.74, 6) is 0.719. The van der Waals surface area contributed by atoms with Crippen LogP contribution in [-0.2, 0) is 41.4 Å². The van der Waals surface area contributed by atoms with Crippen LogP contribution in [0, 0.1) is 19.3 Å². The van der Waals surface area contributed by atoms with Gasteiger partial charge in [0.15, 0.2) is 18.1 Å². The van der Waals surface area contributed by atoms with E-state index in [1.165, 1.54) is 25.3 Å². The Morgan fingerprint density at radius 3 is 1.50 bits per heavy atom. The number of nitrogens with one attached hydrogen (secondary N) is 1. The fourth-order valence-electron chi connectivity index (χ4n) is 9.52. The molecule has 14 heteroatoms. The highest BCUT2D eigenvalue weighted by Crippen LogP contribution is 2.46. The summed E-state index contributed by atoms with van der Waals surface area (Å²) in [6.07, 6.45) is 2.88. The topological polar surface area (TPSA) is 185 Å². The number of aromatic nitrogens is 4. The molecule has 4 aromatic carbocycles. The van der Waals surface area contributed by atoms with Gasteiger partial charge in [-0.1, -0.05) is 51.3 Å². The zero-order chi connectivity index (χ0) is 51.6. The number of nitrogens with zero attached hydrogens (tertiary/aromatic N) is 4. The average molecular weight is 1000 g/mol. The Balaban J connectivity index is 0.000000206. The smallest absolute Gasteiger partial charge is 0.339 e. The Morgan fingerprint density at radius 2 is 1.08 bits per heavy atom. The quantitative estimate of drug-likeness (QED) is 0.0874. The summed E-state index contributed by atoms with van der Waals surface area (Å²) in [6, 6.07) is 27.6. The number of para-hydroxylation sites is 2. The van der Waals surface area contributed by atoms with Crippen molar-refractivity contribution < 1.29 is 43.1 Å². The Hall–Kier alpha value is -7.55. The fourth-order valence-corrected chi connectivity index (χ4v) is 9.52. The van der Waals surface area contributed by atoms with Crippen LogP contribution in [0.15, 0.2) is 97.3 Å². The van der Waals surface area contributed by atoms with E-state index in [-0.39, 0.29) is 26.4 Å². The van der Waals surface area contributed by atoms with Crippen LogP contribution in [0.2, 0.25) is 0 Å². The van der Waals surface area contributed by atoms with Gasteiger partial charge in [0, 0.05) is 98.5 Å². The summed E-state index contributed by atoms with van der Waals surface area (Å²) >= 11 is 0. The molecule has 0 fully saturated rings. The minimum Gasteiger partial charge on any atom is -0.493 e. The number of carbonyl (C=O) groups excluding carboxylic acids is 2. The summed E-state index contributed by atoms with van der Waals surface area (Å²) in [6.45, 7) is 18.2. The van der Waals surface area contributed by atoms with Gasteiger partial charge in [-0.15, -0.1) is 0 Å². The van der Waals surface area contributed by atoms with Crippen molar-refractivity contribution in [1.82, 2.24) is 19.9 Å². The standard InChI is InChI=1S/C28H28N2O4.C24H20N2O4.C6H13NO.2CH4/c1-16-22(26(27(31)32-5)34-28(2,3)4)24(18-8-6-7-9-20(18)30-16)19-10-11-21-23-17(13-15-33-21)12-14-29-25(19)23;1-13-19(23(27)24(28)29-2)21(15-5-3-4-6-17(15)26-13)16-7-8-18-20-14(10-12-30-18)9-11-25-22(16)20;1-5(7)8-6(2,3)4;;/h6-12,14,26H,13,15H2,1-5H3;3-9,11,23,27H,10,12H2,1-2H3;7H,1-4H3;2*1H4/t26-;23-;;;/m00.../s1. The van der Waals surface area contributed by atoms with Crippen LogP contribution < -0.4 is 9.47 Å². The lowest BCUT2D eigenvalue weighted by Gasteiger charge is -2.29. The molecule has 0 aliphatic carbocycles. The molecule has 14 nitrogen and oxygen atoms in total. The number of benzene rings is 4. The Morgan fingerprint density at radius 1 is 0.635 bits per heavy atom. The molecule has 74 heavy (non-hydrogen) atoms. The maximum absolute atomic E-state index is 13.1. The highest BCUT2D eigenvalue weighted by atomic mass is 16.6. The van der Waals surface area contributed by atoms with E-state index in [2.05, 4.69) is 16.0 Å². The van der Waals surface area contributed by atoms with Crippen LogP contribution in [-0.4, -0.2) is 81.5 Å². The number of aliphatic hydroxyl groups is 1. The Labute approximate surface area is 433 Å². The SMILES string of the molecule is C.C.CC(=N)OC(C)(C)C.COC(=O)[C@@H](O)c1c(C)nc2ccccc2c1-c1ccc2c3c(ccnc13)CCO2.COC(=O)[C@@H](OC(C)(C)C)c1c(C)nc2ccccc2c1-c1ccc2c3c(ccnc13)CCO2. The summed E-state index contributed by atoms with van der Waals surface area (Å²) in [4.78, 5) is 44.3. The second kappa shape index (κ2) is 22.7. The van der Waals surface area contributed by atoms with Gasteiger partial charge in [0.1, 0.15) is 17.1 Å². The first-order valence-electron chi connectivity index (χ1n) is 23.9. The third-order valence-electron chi connectivity index (χ3n) is 12.2. The van der Waals surface area contributed by atoms with Crippen molar-refractivity contribution in [3.05, 3.63) is 131 Å². The molecular weight excluding hydrogens is 935 g/mol. The number of esters is 2. The molecule has 0 unspecified atom stereocenters. The van der Waals surface area contributed by atoms with Gasteiger partial charge in [-0.3, -0.25) is 25.3 Å². The van der Waals surface area contributed by atoms with Gasteiger partial charge < -0.3 is 33.5 Å². The van der Waals surface area contributed by atoms with E-state index in [4.69, 9.17) is 43.8 Å². The molecule has 10 rings (SSSR count). The lowest BCUT2D eigenvalue weighted by Crippen LogP contribution is -2.29. The van der Waals surface area contributed by atoms with Crippen molar-refractivity contribution in [1.29, 1.82) is 5.41 Å². The Kier molecular flexibility index (Phi) is 17.1. The molecule has 388 valence electrons. The van der Waals surface area contributed by atoms with Gasteiger partial charge in [-0.05, 0) is 115 Å². The van der Waals surface area contributed by atoms with Gasteiger partial charge in [0.2, 0.25) is 0 Å². The molecule has 2 aliphatic rings. The van der Waals surface area contributed by atoms with Crippen molar-refractivity contribution in [3.63, 3.8) is 0 Å². The summed E-state index contributed by atoms with van der Waals surface area (Å²) in [5.41, 5.74) is 10.6. The molecular formula is C60H69N5O9. The molecule has 8 aromatic rings. The average Bonchev–Trinajstić information content (AvgIpc) is 3.34. The lowest BCUT2D eigenvalue weighted by molar-refractivity contribution is -0.164. The largest absolute Gasteiger partial charge is 0.493 e. The number of carbonyl (C=O) groups is 2. The van der Waals surface area contributed by atoms with Crippen LogP contribution >= 0.6 is 0 Å². The van der Waals surface area contributed by atoms with E-state index in [1.807, 2.05) is 134 Å². The third kappa shape index (κ3) is 11.5. The second-order valence-electron chi connectivity index (χ2n) is 19.6. The molecule has 6 heterocycles. The lowest BCUT2D eigenvalue weighted by atomic mass is 9.88. The first-order chi connectivity index (χ1) is 34.3. The number of fused-ring (bicyclic) bond motifs is 2. The summed E-state index contributed by atoms with van der Waals surface area (Å²) < 4.78 is 33.1. The number of pyridine rings is 4. The van der Waals surface area contributed by atoms with Gasteiger partial charge >= 0.3 is 11.9 Å². The van der Waals surface area contributed by atoms with E-state index in [9.17, 15) is 14.7 Å². The van der Waals surface area contributed by atoms with Gasteiger partial charge in [0.05, 0.1) is 55.1 Å². The van der Waals surface area contributed by atoms with Crippen molar-refractivity contribution in [2.45, 2.75) is 113 Å². The van der Waals surface area contributed by atoms with E-state index in [0.717, 1.165) is 90.2 Å².